The fourth-order valence-electron chi connectivity index (χ4n) is 2.16. The molecule has 2 atom stereocenters. The van der Waals surface area contributed by atoms with Crippen LogP contribution in [0.15, 0.2) is 0 Å². The van der Waals surface area contributed by atoms with Crippen molar-refractivity contribution in [1.82, 2.24) is 10.2 Å². The Kier molecular flexibility index (Phi) is 5.14. The Morgan fingerprint density at radius 2 is 2.20 bits per heavy atom. The van der Waals surface area contributed by atoms with Crippen LogP contribution in [0.25, 0.3) is 0 Å². The average Bonchev–Trinajstić information content (AvgIpc) is 2.67. The quantitative estimate of drug-likeness (QED) is 0.692. The van der Waals surface area contributed by atoms with Gasteiger partial charge in [-0.25, -0.2) is 0 Å². The predicted octanol–water partition coefficient (Wildman–Crippen LogP) is 1.72. The number of nitrogens with one attached hydrogen (secondary N) is 1. The van der Waals surface area contributed by atoms with Gasteiger partial charge >= 0.3 is 0 Å². The minimum absolute atomic E-state index is 0.259. The molecule has 1 N–H and O–H groups in total. The van der Waals surface area contributed by atoms with Crippen LogP contribution in [0.4, 0.5) is 0 Å². The largest absolute Gasteiger partial charge is 0.313 e. The summed E-state index contributed by atoms with van der Waals surface area (Å²) >= 11 is 0. The van der Waals surface area contributed by atoms with Gasteiger partial charge in [0.15, 0.2) is 0 Å². The molecule has 0 aliphatic carbocycles. The zero-order chi connectivity index (χ0) is 11.3. The molecule has 0 spiro atoms. The van der Waals surface area contributed by atoms with Crippen molar-refractivity contribution in [2.24, 2.45) is 5.92 Å². The van der Waals surface area contributed by atoms with Gasteiger partial charge in [-0.15, -0.1) is 6.42 Å². The van der Waals surface area contributed by atoms with Gasteiger partial charge in [-0.3, -0.25) is 4.90 Å². The van der Waals surface area contributed by atoms with Crippen molar-refractivity contribution in [3.63, 3.8) is 0 Å². The number of hydrogen-bond acceptors (Lipinski definition) is 2. The number of rotatable bonds is 5. The predicted molar refractivity (Wildman–Crippen MR) is 65.7 cm³/mol. The van der Waals surface area contributed by atoms with Gasteiger partial charge in [0.1, 0.15) is 0 Å². The molecule has 0 aromatic rings. The van der Waals surface area contributed by atoms with Crippen molar-refractivity contribution >= 4 is 0 Å². The molecule has 1 aliphatic heterocycles. The van der Waals surface area contributed by atoms with Gasteiger partial charge in [-0.1, -0.05) is 19.8 Å². The van der Waals surface area contributed by atoms with Gasteiger partial charge in [0.2, 0.25) is 0 Å². The molecule has 0 bridgehead atoms. The summed E-state index contributed by atoms with van der Waals surface area (Å²) in [4.78, 5) is 2.42. The van der Waals surface area contributed by atoms with Crippen molar-refractivity contribution in [2.75, 3.05) is 19.6 Å². The van der Waals surface area contributed by atoms with Gasteiger partial charge in [-0.05, 0) is 32.2 Å². The monoisotopic (exact) mass is 208 g/mol. The third-order valence-corrected chi connectivity index (χ3v) is 3.01. The lowest BCUT2D eigenvalue weighted by Crippen LogP contribution is -2.43. The minimum Gasteiger partial charge on any atom is -0.313 e. The van der Waals surface area contributed by atoms with Crippen molar-refractivity contribution in [1.29, 1.82) is 0 Å². The second-order valence-electron chi connectivity index (χ2n) is 4.98. The van der Waals surface area contributed by atoms with Gasteiger partial charge in [0.25, 0.3) is 0 Å². The molecule has 0 radical (unpaired) electrons. The van der Waals surface area contributed by atoms with E-state index in [2.05, 4.69) is 36.9 Å². The van der Waals surface area contributed by atoms with E-state index in [0.717, 1.165) is 13.1 Å². The lowest BCUT2D eigenvalue weighted by molar-refractivity contribution is 0.202. The molecule has 1 rings (SSSR count). The van der Waals surface area contributed by atoms with Crippen molar-refractivity contribution in [2.45, 2.75) is 45.7 Å². The summed E-state index contributed by atoms with van der Waals surface area (Å²) in [5.74, 6) is 3.53. The summed E-state index contributed by atoms with van der Waals surface area (Å²) in [6.07, 6.45) is 8.12. The van der Waals surface area contributed by atoms with E-state index in [4.69, 9.17) is 6.42 Å². The van der Waals surface area contributed by atoms with Gasteiger partial charge in [0.05, 0.1) is 6.04 Å². The Morgan fingerprint density at radius 1 is 1.47 bits per heavy atom. The fourth-order valence-corrected chi connectivity index (χ4v) is 2.16. The number of nitrogens with zero attached hydrogens (tertiary/aromatic N) is 1. The van der Waals surface area contributed by atoms with Crippen molar-refractivity contribution in [3.8, 4) is 12.3 Å². The summed E-state index contributed by atoms with van der Waals surface area (Å²) in [5.41, 5.74) is 0. The van der Waals surface area contributed by atoms with Crippen molar-refractivity contribution < 1.29 is 0 Å². The summed E-state index contributed by atoms with van der Waals surface area (Å²) in [6.45, 7) is 9.99. The topological polar surface area (TPSA) is 15.3 Å². The van der Waals surface area contributed by atoms with Crippen LogP contribution in [-0.4, -0.2) is 36.6 Å². The fraction of sp³-hybridized carbons (Fsp3) is 0.846. The standard InChI is InChI=1S/C13H24N2/c1-5-12(4)15(9-11(2)3)10-13-7-6-8-14-13/h1,11-14H,6-10H2,2-4H3. The highest BCUT2D eigenvalue weighted by atomic mass is 15.2. The lowest BCUT2D eigenvalue weighted by atomic mass is 10.1. The van der Waals surface area contributed by atoms with Crippen molar-refractivity contribution in [3.05, 3.63) is 0 Å². The molecule has 0 saturated carbocycles. The van der Waals surface area contributed by atoms with Crippen LogP contribution >= 0.6 is 0 Å². The molecule has 1 heterocycles. The van der Waals surface area contributed by atoms with E-state index in [9.17, 15) is 0 Å². The van der Waals surface area contributed by atoms with Crippen LogP contribution in [0.5, 0.6) is 0 Å². The van der Waals surface area contributed by atoms with Gasteiger partial charge in [0, 0.05) is 19.1 Å². The van der Waals surface area contributed by atoms with Crippen LogP contribution in [0.2, 0.25) is 0 Å². The van der Waals surface area contributed by atoms with E-state index in [0.29, 0.717) is 12.0 Å². The number of terminal acetylenes is 1. The Bertz CT molecular complexity index is 211. The zero-order valence-electron chi connectivity index (χ0n) is 10.3. The third kappa shape index (κ3) is 4.24. The van der Waals surface area contributed by atoms with Crippen LogP contribution in [0.3, 0.4) is 0 Å². The average molecular weight is 208 g/mol. The van der Waals surface area contributed by atoms with Crippen LogP contribution in [-0.2, 0) is 0 Å². The smallest absolute Gasteiger partial charge is 0.0683 e. The molecular formula is C13H24N2. The highest BCUT2D eigenvalue weighted by molar-refractivity contribution is 4.98. The minimum atomic E-state index is 0.259. The second kappa shape index (κ2) is 6.15. The molecule has 2 nitrogen and oxygen atoms in total. The zero-order valence-corrected chi connectivity index (χ0v) is 10.3. The molecule has 2 heteroatoms. The molecule has 86 valence electrons. The number of hydrogen-bond donors (Lipinski definition) is 1. The summed E-state index contributed by atoms with van der Waals surface area (Å²) in [6, 6.07) is 0.911. The van der Waals surface area contributed by atoms with E-state index in [-0.39, 0.29) is 6.04 Å². The van der Waals surface area contributed by atoms with E-state index < -0.39 is 0 Å². The normalized spacial score (nSPS) is 23.3. The molecule has 2 unspecified atom stereocenters. The van der Waals surface area contributed by atoms with E-state index >= 15 is 0 Å². The third-order valence-electron chi connectivity index (χ3n) is 3.01. The Hall–Kier alpha value is -0.520. The molecule has 0 aromatic carbocycles. The Balaban J connectivity index is 2.44. The second-order valence-corrected chi connectivity index (χ2v) is 4.98. The molecule has 0 amide bonds. The van der Waals surface area contributed by atoms with Crippen LogP contribution < -0.4 is 5.32 Å². The summed E-state index contributed by atoms with van der Waals surface area (Å²) in [5, 5.41) is 3.53. The first-order chi connectivity index (χ1) is 7.13. The molecular weight excluding hydrogens is 184 g/mol. The Morgan fingerprint density at radius 3 is 2.67 bits per heavy atom. The highest BCUT2D eigenvalue weighted by Crippen LogP contribution is 2.11. The highest BCUT2D eigenvalue weighted by Gasteiger charge is 2.20. The first-order valence-corrected chi connectivity index (χ1v) is 6.07. The maximum Gasteiger partial charge on any atom is 0.0683 e. The van der Waals surface area contributed by atoms with E-state index in [1.807, 2.05) is 0 Å². The van der Waals surface area contributed by atoms with Crippen LogP contribution in [0.1, 0.15) is 33.6 Å². The molecule has 1 saturated heterocycles. The lowest BCUT2D eigenvalue weighted by Gasteiger charge is -2.30. The maximum atomic E-state index is 5.51. The van der Waals surface area contributed by atoms with E-state index in [1.165, 1.54) is 19.4 Å². The summed E-state index contributed by atoms with van der Waals surface area (Å²) < 4.78 is 0. The van der Waals surface area contributed by atoms with Crippen LogP contribution in [0, 0.1) is 18.3 Å². The first kappa shape index (κ1) is 12.5. The molecule has 1 fully saturated rings. The SMILES string of the molecule is C#CC(C)N(CC(C)C)CC1CCCN1. The molecule has 0 aromatic heterocycles. The van der Waals surface area contributed by atoms with Gasteiger partial charge in [-0.2, -0.15) is 0 Å². The summed E-state index contributed by atoms with van der Waals surface area (Å²) in [7, 11) is 0. The van der Waals surface area contributed by atoms with Gasteiger partial charge < -0.3 is 5.32 Å². The maximum absolute atomic E-state index is 5.51. The first-order valence-electron chi connectivity index (χ1n) is 6.07. The van der Waals surface area contributed by atoms with E-state index in [1.54, 1.807) is 0 Å². The Labute approximate surface area is 94.4 Å². The molecule has 1 aliphatic rings. The molecule has 15 heavy (non-hydrogen) atoms.